The van der Waals surface area contributed by atoms with Crippen molar-refractivity contribution in [3.8, 4) is 0 Å². The van der Waals surface area contributed by atoms with Crippen molar-refractivity contribution in [2.45, 2.75) is 22.9 Å². The SMILES string of the molecule is CC(O)c1cc(Br)ccc1Sc1cc2ccccc2[nH]1. The molecule has 1 unspecified atom stereocenters. The van der Waals surface area contributed by atoms with Crippen molar-refractivity contribution in [1.82, 2.24) is 4.98 Å². The van der Waals surface area contributed by atoms with Gasteiger partial charge in [-0.15, -0.1) is 0 Å². The van der Waals surface area contributed by atoms with Crippen LogP contribution in [0.2, 0.25) is 0 Å². The highest BCUT2D eigenvalue weighted by Crippen LogP contribution is 2.35. The van der Waals surface area contributed by atoms with E-state index in [2.05, 4.69) is 39.1 Å². The summed E-state index contributed by atoms with van der Waals surface area (Å²) in [5.41, 5.74) is 2.06. The van der Waals surface area contributed by atoms with Gasteiger partial charge in [-0.1, -0.05) is 45.9 Å². The lowest BCUT2D eigenvalue weighted by Crippen LogP contribution is -1.94. The third-order valence-corrected chi connectivity index (χ3v) is 4.67. The molecule has 0 amide bonds. The van der Waals surface area contributed by atoms with Crippen LogP contribution in [0.4, 0.5) is 0 Å². The third kappa shape index (κ3) is 2.77. The van der Waals surface area contributed by atoms with E-state index < -0.39 is 6.10 Å². The van der Waals surface area contributed by atoms with Gasteiger partial charge in [0.05, 0.1) is 11.1 Å². The fourth-order valence-electron chi connectivity index (χ4n) is 2.16. The zero-order valence-electron chi connectivity index (χ0n) is 10.9. The van der Waals surface area contributed by atoms with Crippen molar-refractivity contribution in [1.29, 1.82) is 0 Å². The van der Waals surface area contributed by atoms with Gasteiger partial charge in [0.15, 0.2) is 0 Å². The van der Waals surface area contributed by atoms with Crippen molar-refractivity contribution in [3.05, 3.63) is 58.6 Å². The summed E-state index contributed by atoms with van der Waals surface area (Å²) in [5, 5.41) is 12.2. The van der Waals surface area contributed by atoms with Crippen LogP contribution in [0.3, 0.4) is 0 Å². The molecule has 1 heterocycles. The van der Waals surface area contributed by atoms with Crippen molar-refractivity contribution < 1.29 is 5.11 Å². The largest absolute Gasteiger partial charge is 0.389 e. The zero-order chi connectivity index (χ0) is 14.1. The molecule has 1 atom stereocenters. The van der Waals surface area contributed by atoms with Gasteiger partial charge in [-0.3, -0.25) is 0 Å². The molecule has 0 fully saturated rings. The molecule has 2 N–H and O–H groups in total. The highest BCUT2D eigenvalue weighted by molar-refractivity contribution is 9.10. The first-order valence-electron chi connectivity index (χ1n) is 6.36. The first-order valence-corrected chi connectivity index (χ1v) is 7.97. The smallest absolute Gasteiger partial charge is 0.0781 e. The summed E-state index contributed by atoms with van der Waals surface area (Å²) >= 11 is 5.09. The number of fused-ring (bicyclic) bond motifs is 1. The Balaban J connectivity index is 1.98. The molecule has 102 valence electrons. The minimum Gasteiger partial charge on any atom is -0.389 e. The van der Waals surface area contributed by atoms with Gasteiger partial charge in [-0.25, -0.2) is 0 Å². The number of benzene rings is 2. The number of hydrogen-bond donors (Lipinski definition) is 2. The summed E-state index contributed by atoms with van der Waals surface area (Å²) in [4.78, 5) is 4.46. The molecule has 3 rings (SSSR count). The van der Waals surface area contributed by atoms with Crippen LogP contribution in [0, 0.1) is 0 Å². The first-order chi connectivity index (χ1) is 9.63. The predicted molar refractivity (Wildman–Crippen MR) is 87.2 cm³/mol. The average molecular weight is 348 g/mol. The van der Waals surface area contributed by atoms with Gasteiger partial charge < -0.3 is 10.1 Å². The second kappa shape index (κ2) is 5.64. The number of aliphatic hydroxyl groups is 1. The monoisotopic (exact) mass is 347 g/mol. The number of H-pyrrole nitrogens is 1. The van der Waals surface area contributed by atoms with Crippen LogP contribution >= 0.6 is 27.7 Å². The Morgan fingerprint density at radius 2 is 1.95 bits per heavy atom. The number of hydrogen-bond acceptors (Lipinski definition) is 2. The summed E-state index contributed by atoms with van der Waals surface area (Å²) in [6.07, 6.45) is -0.487. The molecule has 2 aromatic carbocycles. The van der Waals surface area contributed by atoms with E-state index in [1.54, 1.807) is 18.7 Å². The van der Waals surface area contributed by atoms with Crippen LogP contribution in [0.1, 0.15) is 18.6 Å². The van der Waals surface area contributed by atoms with E-state index in [1.807, 2.05) is 30.3 Å². The molecular formula is C16H14BrNOS. The maximum atomic E-state index is 9.90. The van der Waals surface area contributed by atoms with E-state index in [0.717, 1.165) is 25.5 Å². The lowest BCUT2D eigenvalue weighted by molar-refractivity contribution is 0.196. The minimum atomic E-state index is -0.487. The van der Waals surface area contributed by atoms with Crippen molar-refractivity contribution in [2.24, 2.45) is 0 Å². The lowest BCUT2D eigenvalue weighted by atomic mass is 10.1. The molecule has 0 saturated carbocycles. The molecule has 0 aliphatic rings. The predicted octanol–water partition coefficient (Wildman–Crippen LogP) is 5.13. The van der Waals surface area contributed by atoms with Crippen molar-refractivity contribution >= 4 is 38.6 Å². The van der Waals surface area contributed by atoms with E-state index in [1.165, 1.54) is 5.39 Å². The van der Waals surface area contributed by atoms with Gasteiger partial charge in [-0.2, -0.15) is 0 Å². The Hall–Kier alpha value is -1.23. The van der Waals surface area contributed by atoms with Gasteiger partial charge in [0.1, 0.15) is 0 Å². The van der Waals surface area contributed by atoms with Gasteiger partial charge in [0.2, 0.25) is 0 Å². The summed E-state index contributed by atoms with van der Waals surface area (Å²) < 4.78 is 0.981. The van der Waals surface area contributed by atoms with Crippen LogP contribution in [0.5, 0.6) is 0 Å². The van der Waals surface area contributed by atoms with Gasteiger partial charge in [0.25, 0.3) is 0 Å². The fourth-order valence-corrected chi connectivity index (χ4v) is 3.60. The second-order valence-corrected chi connectivity index (χ2v) is 6.68. The summed E-state index contributed by atoms with van der Waals surface area (Å²) in [6, 6.07) is 16.3. The van der Waals surface area contributed by atoms with E-state index in [9.17, 15) is 5.11 Å². The normalized spacial score (nSPS) is 12.8. The molecule has 2 nitrogen and oxygen atoms in total. The quantitative estimate of drug-likeness (QED) is 0.688. The molecule has 3 aromatic rings. The number of aromatic amines is 1. The molecule has 0 aliphatic carbocycles. The Morgan fingerprint density at radius 3 is 2.70 bits per heavy atom. The molecule has 4 heteroatoms. The van der Waals surface area contributed by atoms with E-state index in [-0.39, 0.29) is 0 Å². The van der Waals surface area contributed by atoms with Crippen LogP contribution in [-0.4, -0.2) is 10.1 Å². The maximum Gasteiger partial charge on any atom is 0.0781 e. The number of aromatic nitrogens is 1. The zero-order valence-corrected chi connectivity index (χ0v) is 13.3. The summed E-state index contributed by atoms with van der Waals surface area (Å²) in [5.74, 6) is 0. The summed E-state index contributed by atoms with van der Waals surface area (Å²) in [7, 11) is 0. The number of rotatable bonds is 3. The number of nitrogens with one attached hydrogen (secondary N) is 1. The molecular weight excluding hydrogens is 334 g/mol. The molecule has 0 spiro atoms. The third-order valence-electron chi connectivity index (χ3n) is 3.15. The standard InChI is InChI=1S/C16H14BrNOS/c1-10(19)13-9-12(17)6-7-15(13)20-16-8-11-4-2-3-5-14(11)18-16/h2-10,18-19H,1H3. The Labute approximate surface area is 130 Å². The van der Waals surface area contributed by atoms with E-state index in [0.29, 0.717) is 0 Å². The Kier molecular flexibility index (Phi) is 3.87. The van der Waals surface area contributed by atoms with Crippen LogP contribution in [0.25, 0.3) is 10.9 Å². The molecule has 1 aromatic heterocycles. The highest BCUT2D eigenvalue weighted by atomic mass is 79.9. The van der Waals surface area contributed by atoms with Crippen LogP contribution < -0.4 is 0 Å². The maximum absolute atomic E-state index is 9.90. The molecule has 0 saturated heterocycles. The Bertz CT molecular complexity index is 718. The van der Waals surface area contributed by atoms with Gasteiger partial charge in [0, 0.05) is 20.3 Å². The number of para-hydroxylation sites is 1. The molecule has 0 radical (unpaired) electrons. The fraction of sp³-hybridized carbons (Fsp3) is 0.125. The number of aliphatic hydroxyl groups excluding tert-OH is 1. The van der Waals surface area contributed by atoms with E-state index in [4.69, 9.17) is 0 Å². The van der Waals surface area contributed by atoms with Crippen LogP contribution in [-0.2, 0) is 0 Å². The van der Waals surface area contributed by atoms with Crippen molar-refractivity contribution in [3.63, 3.8) is 0 Å². The average Bonchev–Trinajstić information content (AvgIpc) is 2.82. The molecule has 20 heavy (non-hydrogen) atoms. The summed E-state index contributed by atoms with van der Waals surface area (Å²) in [6.45, 7) is 1.79. The first kappa shape index (κ1) is 13.7. The van der Waals surface area contributed by atoms with Gasteiger partial charge in [-0.05, 0) is 42.8 Å². The molecule has 0 aliphatic heterocycles. The number of halogens is 1. The minimum absolute atomic E-state index is 0.487. The van der Waals surface area contributed by atoms with Crippen molar-refractivity contribution in [2.75, 3.05) is 0 Å². The second-order valence-electron chi connectivity index (χ2n) is 4.68. The van der Waals surface area contributed by atoms with E-state index >= 15 is 0 Å². The highest BCUT2D eigenvalue weighted by Gasteiger charge is 2.11. The lowest BCUT2D eigenvalue weighted by Gasteiger charge is -2.11. The van der Waals surface area contributed by atoms with Gasteiger partial charge >= 0.3 is 0 Å². The van der Waals surface area contributed by atoms with Crippen LogP contribution in [0.15, 0.2) is 62.9 Å². The molecule has 0 bridgehead atoms. The topological polar surface area (TPSA) is 36.0 Å². The Morgan fingerprint density at radius 1 is 1.15 bits per heavy atom.